The minimum Gasteiger partial charge on any atom is -0.481 e. The van der Waals surface area contributed by atoms with Crippen molar-refractivity contribution in [2.24, 2.45) is 17.2 Å². The Labute approximate surface area is 132 Å². The number of carboxylic acids is 4. The van der Waals surface area contributed by atoms with Crippen LogP contribution in [0.3, 0.4) is 0 Å². The molecule has 0 rings (SSSR count). The van der Waals surface area contributed by atoms with Gasteiger partial charge in [-0.3, -0.25) is 19.2 Å². The van der Waals surface area contributed by atoms with E-state index in [9.17, 15) is 19.2 Å². The second-order valence-electron chi connectivity index (χ2n) is 4.70. The van der Waals surface area contributed by atoms with E-state index in [2.05, 4.69) is 0 Å². The maximum Gasteiger partial charge on any atom is 0.320 e. The van der Waals surface area contributed by atoms with Crippen molar-refractivity contribution in [1.82, 2.24) is 0 Å². The van der Waals surface area contributed by atoms with Gasteiger partial charge < -0.3 is 37.6 Å². The van der Waals surface area contributed by atoms with Gasteiger partial charge in [-0.15, -0.1) is 0 Å². The van der Waals surface area contributed by atoms with Gasteiger partial charge in [0, 0.05) is 6.42 Å². The molecule has 10 N–H and O–H groups in total. The van der Waals surface area contributed by atoms with E-state index in [4.69, 9.17) is 37.6 Å². The summed E-state index contributed by atoms with van der Waals surface area (Å²) in [5, 5.41) is 33.0. The van der Waals surface area contributed by atoms with Crippen LogP contribution in [0, 0.1) is 0 Å². The topological polar surface area (TPSA) is 227 Å². The Kier molecular flexibility index (Phi) is 12.3. The molecule has 3 atom stereocenters. The second-order valence-corrected chi connectivity index (χ2v) is 4.70. The number of nitrogens with two attached hydrogens (primary N) is 3. The van der Waals surface area contributed by atoms with E-state index in [1.165, 1.54) is 0 Å². The van der Waals surface area contributed by atoms with Gasteiger partial charge in [0.2, 0.25) is 0 Å². The molecule has 11 nitrogen and oxygen atoms in total. The van der Waals surface area contributed by atoms with Crippen LogP contribution >= 0.6 is 0 Å². The highest BCUT2D eigenvalue weighted by atomic mass is 16.4. The van der Waals surface area contributed by atoms with Gasteiger partial charge in [0.15, 0.2) is 0 Å². The summed E-state index contributed by atoms with van der Waals surface area (Å²) in [6, 6.07) is -2.92. The zero-order valence-electron chi connectivity index (χ0n) is 12.4. The Morgan fingerprint density at radius 1 is 0.652 bits per heavy atom. The van der Waals surface area contributed by atoms with Gasteiger partial charge in [-0.25, -0.2) is 0 Å². The van der Waals surface area contributed by atoms with Gasteiger partial charge in [0.05, 0.1) is 0 Å². The quantitative estimate of drug-likeness (QED) is 0.236. The molecule has 0 aromatic rings. The molecule has 0 fully saturated rings. The van der Waals surface area contributed by atoms with Crippen molar-refractivity contribution in [3.8, 4) is 0 Å². The summed E-state index contributed by atoms with van der Waals surface area (Å²) in [4.78, 5) is 40.3. The van der Waals surface area contributed by atoms with Crippen molar-refractivity contribution in [3.63, 3.8) is 0 Å². The highest BCUT2D eigenvalue weighted by Crippen LogP contribution is 2.01. The fourth-order valence-corrected chi connectivity index (χ4v) is 1.21. The van der Waals surface area contributed by atoms with Gasteiger partial charge in [0.25, 0.3) is 0 Å². The monoisotopic (exact) mass is 337 g/mol. The molecular weight excluding hydrogens is 314 g/mol. The standard InChI is InChI=1S/C7H14N2O4.C5H9NO4/c8-4(6(10)11)2-1-3-5(9)7(12)13;6-3(5(9)10)1-2-4(7)8/h4-5H,1-3,8-9H2,(H,10,11)(H,12,13);3H,1-2,6H2,(H,7,8)(H,9,10)/t;3-/m.0/s1. The van der Waals surface area contributed by atoms with Crippen LogP contribution in [0.2, 0.25) is 0 Å². The normalized spacial score (nSPS) is 13.9. The lowest BCUT2D eigenvalue weighted by Gasteiger charge is -2.07. The first kappa shape index (κ1) is 23.0. The molecule has 0 aromatic heterocycles. The summed E-state index contributed by atoms with van der Waals surface area (Å²) in [6.07, 6.45) is 0.672. The largest absolute Gasteiger partial charge is 0.481 e. The molecule has 0 bridgehead atoms. The molecule has 0 aliphatic heterocycles. The van der Waals surface area contributed by atoms with E-state index in [1.807, 2.05) is 0 Å². The van der Waals surface area contributed by atoms with E-state index in [-0.39, 0.29) is 25.7 Å². The molecule has 11 heteroatoms. The Morgan fingerprint density at radius 2 is 0.957 bits per heavy atom. The fourth-order valence-electron chi connectivity index (χ4n) is 1.21. The molecule has 0 aromatic carbocycles. The fraction of sp³-hybridized carbons (Fsp3) is 0.667. The molecule has 0 aliphatic rings. The van der Waals surface area contributed by atoms with Gasteiger partial charge in [-0.1, -0.05) is 0 Å². The van der Waals surface area contributed by atoms with Gasteiger partial charge in [0.1, 0.15) is 18.1 Å². The van der Waals surface area contributed by atoms with Crippen LogP contribution in [0.25, 0.3) is 0 Å². The Balaban J connectivity index is 0. The summed E-state index contributed by atoms with van der Waals surface area (Å²) in [7, 11) is 0. The third-order valence-corrected chi connectivity index (χ3v) is 2.65. The van der Waals surface area contributed by atoms with Crippen molar-refractivity contribution in [3.05, 3.63) is 0 Å². The lowest BCUT2D eigenvalue weighted by molar-refractivity contribution is -0.141. The van der Waals surface area contributed by atoms with Crippen LogP contribution in [0.4, 0.5) is 0 Å². The molecule has 2 unspecified atom stereocenters. The van der Waals surface area contributed by atoms with E-state index < -0.39 is 42.0 Å². The van der Waals surface area contributed by atoms with Crippen LogP contribution in [0.1, 0.15) is 32.1 Å². The van der Waals surface area contributed by atoms with Crippen LogP contribution in [0.5, 0.6) is 0 Å². The number of hydrogen-bond acceptors (Lipinski definition) is 7. The smallest absolute Gasteiger partial charge is 0.320 e. The first-order chi connectivity index (χ1) is 10.5. The Bertz CT molecular complexity index is 395. The molecule has 0 heterocycles. The van der Waals surface area contributed by atoms with E-state index in [0.717, 1.165) is 0 Å². The van der Waals surface area contributed by atoms with E-state index in [1.54, 1.807) is 0 Å². The van der Waals surface area contributed by atoms with Crippen molar-refractivity contribution in [2.45, 2.75) is 50.2 Å². The Hall–Kier alpha value is -2.24. The highest BCUT2D eigenvalue weighted by molar-refractivity contribution is 5.74. The van der Waals surface area contributed by atoms with Gasteiger partial charge in [-0.2, -0.15) is 0 Å². The van der Waals surface area contributed by atoms with Crippen LogP contribution < -0.4 is 17.2 Å². The van der Waals surface area contributed by atoms with Crippen molar-refractivity contribution < 1.29 is 39.6 Å². The lowest BCUT2D eigenvalue weighted by Crippen LogP contribution is -2.33. The molecule has 0 saturated heterocycles. The minimum atomic E-state index is -1.17. The number of carboxylic acid groups (broad SMARTS) is 4. The molecule has 0 saturated carbocycles. The number of hydrogen-bond donors (Lipinski definition) is 7. The van der Waals surface area contributed by atoms with Crippen LogP contribution in [0.15, 0.2) is 0 Å². The number of rotatable bonds is 10. The summed E-state index contributed by atoms with van der Waals surface area (Å²) < 4.78 is 0. The average molecular weight is 337 g/mol. The molecule has 0 radical (unpaired) electrons. The first-order valence-electron chi connectivity index (χ1n) is 6.66. The molecular formula is C12H23N3O8. The predicted molar refractivity (Wildman–Crippen MR) is 77.6 cm³/mol. The first-order valence-corrected chi connectivity index (χ1v) is 6.66. The maximum atomic E-state index is 10.2. The zero-order chi connectivity index (χ0) is 18.6. The average Bonchev–Trinajstić information content (AvgIpc) is 2.44. The summed E-state index contributed by atoms with van der Waals surface area (Å²) >= 11 is 0. The molecule has 0 aliphatic carbocycles. The SMILES string of the molecule is NC(CCCC(N)C(=O)O)C(=O)O.N[C@@H](CCC(=O)O)C(=O)O. The zero-order valence-corrected chi connectivity index (χ0v) is 12.4. The summed E-state index contributed by atoms with van der Waals surface area (Å²) in [6.45, 7) is 0. The summed E-state index contributed by atoms with van der Waals surface area (Å²) in [5.41, 5.74) is 15.4. The third kappa shape index (κ3) is 14.5. The number of carbonyl (C=O) groups is 4. The maximum absolute atomic E-state index is 10.2. The van der Waals surface area contributed by atoms with Crippen molar-refractivity contribution >= 4 is 23.9 Å². The van der Waals surface area contributed by atoms with Crippen LogP contribution in [-0.4, -0.2) is 62.4 Å². The van der Waals surface area contributed by atoms with E-state index >= 15 is 0 Å². The lowest BCUT2D eigenvalue weighted by atomic mass is 10.1. The van der Waals surface area contributed by atoms with Gasteiger partial charge in [-0.05, 0) is 25.7 Å². The van der Waals surface area contributed by atoms with E-state index in [0.29, 0.717) is 6.42 Å². The second kappa shape index (κ2) is 12.3. The van der Waals surface area contributed by atoms with Crippen molar-refractivity contribution in [2.75, 3.05) is 0 Å². The predicted octanol–water partition coefficient (Wildman–Crippen LogP) is -1.76. The number of aliphatic carboxylic acids is 4. The molecule has 134 valence electrons. The minimum absolute atomic E-state index is 0.0231. The molecule has 0 amide bonds. The highest BCUT2D eigenvalue weighted by Gasteiger charge is 2.14. The Morgan fingerprint density at radius 3 is 1.22 bits per heavy atom. The third-order valence-electron chi connectivity index (χ3n) is 2.65. The molecule has 23 heavy (non-hydrogen) atoms. The summed E-state index contributed by atoms with van der Waals surface area (Å²) in [5.74, 6) is -4.36. The molecule has 0 spiro atoms. The van der Waals surface area contributed by atoms with Crippen LogP contribution in [-0.2, 0) is 19.2 Å². The van der Waals surface area contributed by atoms with Crippen molar-refractivity contribution in [1.29, 1.82) is 0 Å². The van der Waals surface area contributed by atoms with Gasteiger partial charge >= 0.3 is 23.9 Å².